The maximum absolute atomic E-state index is 12.9. The first kappa shape index (κ1) is 24.3. The van der Waals surface area contributed by atoms with Crippen LogP contribution in [0.1, 0.15) is 30.0 Å². The first-order valence-corrected chi connectivity index (χ1v) is 9.79. The van der Waals surface area contributed by atoms with Crippen LogP contribution in [0.25, 0.3) is 17.5 Å². The number of hydrogen-bond donors (Lipinski definition) is 0. The van der Waals surface area contributed by atoms with E-state index in [1.54, 1.807) is 18.2 Å². The number of halogens is 3. The highest BCUT2D eigenvalue weighted by molar-refractivity contribution is 5.87. The van der Waals surface area contributed by atoms with Crippen molar-refractivity contribution in [3.63, 3.8) is 0 Å². The molecule has 0 bridgehead atoms. The van der Waals surface area contributed by atoms with Gasteiger partial charge in [-0.15, -0.1) is 0 Å². The van der Waals surface area contributed by atoms with E-state index in [1.165, 1.54) is 38.3 Å². The fraction of sp³-hybridized carbons (Fsp3) is 0.217. The number of carbonyl (C=O) groups is 1. The molecule has 1 aromatic heterocycles. The van der Waals surface area contributed by atoms with Crippen LogP contribution in [0.4, 0.5) is 13.2 Å². The number of carbonyl (C=O) groups excluding carboxylic acids is 1. The minimum Gasteiger partial charge on any atom is -0.493 e. The number of aromatic nitrogens is 2. The number of methoxy groups -OCH3 is 1. The van der Waals surface area contributed by atoms with Crippen molar-refractivity contribution in [1.82, 2.24) is 10.1 Å². The van der Waals surface area contributed by atoms with E-state index in [0.29, 0.717) is 17.1 Å². The normalized spacial score (nSPS) is 12.2. The van der Waals surface area contributed by atoms with Gasteiger partial charge in [-0.25, -0.2) is 4.79 Å². The van der Waals surface area contributed by atoms with Gasteiger partial charge in [0.15, 0.2) is 24.2 Å². The molecule has 0 aliphatic heterocycles. The highest BCUT2D eigenvalue weighted by atomic mass is 19.4. The number of rotatable bonds is 8. The third-order valence-corrected chi connectivity index (χ3v) is 4.42. The van der Waals surface area contributed by atoms with Crippen molar-refractivity contribution in [3.8, 4) is 29.0 Å². The molecule has 34 heavy (non-hydrogen) atoms. The molecule has 2 aromatic carbocycles. The predicted octanol–water partition coefficient (Wildman–Crippen LogP) is 4.98. The van der Waals surface area contributed by atoms with Crippen LogP contribution in [0.2, 0.25) is 0 Å². The molecule has 1 heterocycles. The second kappa shape index (κ2) is 10.5. The standard InChI is InChI=1S/C23H18F3N3O5/c1-14(22-28-21(29-34-22)16-4-3-5-17(13-16)23(24,25)26)33-20(30)9-7-15-6-8-18(32-11-10-27)19(12-15)31-2/h3-9,12-14H,11H2,1-2H3/b9-7+. The molecule has 3 aromatic rings. The van der Waals surface area contributed by atoms with Crippen molar-refractivity contribution >= 4 is 12.0 Å². The van der Waals surface area contributed by atoms with Crippen LogP contribution in [0, 0.1) is 11.3 Å². The molecule has 0 aliphatic carbocycles. The maximum atomic E-state index is 12.9. The number of nitrogens with zero attached hydrogens (tertiary/aromatic N) is 3. The van der Waals surface area contributed by atoms with Gasteiger partial charge in [0.2, 0.25) is 5.82 Å². The van der Waals surface area contributed by atoms with E-state index >= 15 is 0 Å². The second-order valence-corrected chi connectivity index (χ2v) is 6.80. The molecule has 0 aliphatic rings. The molecule has 0 spiro atoms. The Morgan fingerprint density at radius 2 is 2.03 bits per heavy atom. The zero-order valence-electron chi connectivity index (χ0n) is 18.0. The number of esters is 1. The molecule has 1 unspecified atom stereocenters. The minimum absolute atomic E-state index is 0.0645. The van der Waals surface area contributed by atoms with Crippen LogP contribution in [0.3, 0.4) is 0 Å². The van der Waals surface area contributed by atoms with Gasteiger partial charge < -0.3 is 18.7 Å². The van der Waals surface area contributed by atoms with E-state index in [1.807, 2.05) is 6.07 Å². The molecule has 0 saturated carbocycles. The monoisotopic (exact) mass is 473 g/mol. The predicted molar refractivity (Wildman–Crippen MR) is 112 cm³/mol. The van der Waals surface area contributed by atoms with Crippen molar-refractivity contribution in [1.29, 1.82) is 5.26 Å². The van der Waals surface area contributed by atoms with Gasteiger partial charge in [0.05, 0.1) is 12.7 Å². The molecule has 8 nitrogen and oxygen atoms in total. The first-order chi connectivity index (χ1) is 16.2. The van der Waals surface area contributed by atoms with E-state index in [9.17, 15) is 18.0 Å². The van der Waals surface area contributed by atoms with Crippen LogP contribution < -0.4 is 9.47 Å². The van der Waals surface area contributed by atoms with Crippen LogP contribution in [0.5, 0.6) is 11.5 Å². The number of alkyl halides is 3. The summed E-state index contributed by atoms with van der Waals surface area (Å²) in [5.74, 6) is -0.0901. The summed E-state index contributed by atoms with van der Waals surface area (Å²) in [6, 6.07) is 11.2. The summed E-state index contributed by atoms with van der Waals surface area (Å²) in [4.78, 5) is 16.2. The van der Waals surface area contributed by atoms with Crippen LogP contribution in [0.15, 0.2) is 53.1 Å². The molecule has 0 fully saturated rings. The zero-order chi connectivity index (χ0) is 24.7. The fourth-order valence-electron chi connectivity index (χ4n) is 2.80. The smallest absolute Gasteiger partial charge is 0.416 e. The Kier molecular flexibility index (Phi) is 7.53. The highest BCUT2D eigenvalue weighted by Crippen LogP contribution is 2.32. The Morgan fingerprint density at radius 1 is 1.24 bits per heavy atom. The molecule has 1 atom stereocenters. The van der Waals surface area contributed by atoms with Gasteiger partial charge in [0.1, 0.15) is 6.07 Å². The third kappa shape index (κ3) is 6.13. The van der Waals surface area contributed by atoms with Gasteiger partial charge in [-0.1, -0.05) is 23.4 Å². The van der Waals surface area contributed by atoms with Crippen molar-refractivity contribution in [3.05, 3.63) is 65.6 Å². The molecular formula is C23H18F3N3O5. The number of benzene rings is 2. The summed E-state index contributed by atoms with van der Waals surface area (Å²) in [5, 5.41) is 12.3. The van der Waals surface area contributed by atoms with Gasteiger partial charge in [-0.05, 0) is 42.8 Å². The molecular weight excluding hydrogens is 455 g/mol. The SMILES string of the molecule is COc1cc(/C=C/C(=O)OC(C)c2nc(-c3cccc(C(F)(F)F)c3)no2)ccc1OCC#N. The summed E-state index contributed by atoms with van der Waals surface area (Å²) >= 11 is 0. The van der Waals surface area contributed by atoms with E-state index in [4.69, 9.17) is 24.0 Å². The van der Waals surface area contributed by atoms with E-state index < -0.39 is 23.8 Å². The molecule has 0 N–H and O–H groups in total. The van der Waals surface area contributed by atoms with Crippen molar-refractivity contribution in [2.75, 3.05) is 13.7 Å². The Morgan fingerprint density at radius 3 is 2.74 bits per heavy atom. The minimum atomic E-state index is -4.51. The Labute approximate surface area is 192 Å². The lowest BCUT2D eigenvalue weighted by Crippen LogP contribution is -2.06. The number of hydrogen-bond acceptors (Lipinski definition) is 8. The maximum Gasteiger partial charge on any atom is 0.416 e. The lowest BCUT2D eigenvalue weighted by molar-refractivity contribution is -0.143. The Bertz CT molecular complexity index is 1230. The van der Waals surface area contributed by atoms with Gasteiger partial charge in [0.25, 0.3) is 5.89 Å². The van der Waals surface area contributed by atoms with Gasteiger partial charge in [-0.2, -0.15) is 23.4 Å². The summed E-state index contributed by atoms with van der Waals surface area (Å²) in [7, 11) is 1.44. The van der Waals surface area contributed by atoms with Crippen molar-refractivity contribution < 1.29 is 36.7 Å². The fourth-order valence-corrected chi connectivity index (χ4v) is 2.80. The first-order valence-electron chi connectivity index (χ1n) is 9.79. The van der Waals surface area contributed by atoms with Crippen LogP contribution >= 0.6 is 0 Å². The zero-order valence-corrected chi connectivity index (χ0v) is 18.0. The summed E-state index contributed by atoms with van der Waals surface area (Å²) in [6.07, 6.45) is -2.80. The van der Waals surface area contributed by atoms with E-state index in [2.05, 4.69) is 10.1 Å². The van der Waals surface area contributed by atoms with Crippen LogP contribution in [-0.4, -0.2) is 29.8 Å². The average Bonchev–Trinajstić information content (AvgIpc) is 3.32. The quantitative estimate of drug-likeness (QED) is 0.333. The second-order valence-electron chi connectivity index (χ2n) is 6.80. The van der Waals surface area contributed by atoms with E-state index in [-0.39, 0.29) is 23.9 Å². The van der Waals surface area contributed by atoms with Crippen LogP contribution in [-0.2, 0) is 15.7 Å². The largest absolute Gasteiger partial charge is 0.493 e. The topological polar surface area (TPSA) is 107 Å². The molecule has 3 rings (SSSR count). The molecule has 11 heteroatoms. The molecule has 176 valence electrons. The van der Waals surface area contributed by atoms with Gasteiger partial charge in [-0.3, -0.25) is 0 Å². The van der Waals surface area contributed by atoms with Crippen molar-refractivity contribution in [2.45, 2.75) is 19.2 Å². The number of ether oxygens (including phenoxy) is 3. The van der Waals surface area contributed by atoms with Crippen molar-refractivity contribution in [2.24, 2.45) is 0 Å². The Balaban J connectivity index is 1.65. The summed E-state index contributed by atoms with van der Waals surface area (Å²) < 4.78 is 59.5. The third-order valence-electron chi connectivity index (χ3n) is 4.42. The lowest BCUT2D eigenvalue weighted by atomic mass is 10.1. The van der Waals surface area contributed by atoms with Gasteiger partial charge >= 0.3 is 12.1 Å². The average molecular weight is 473 g/mol. The molecule has 0 radical (unpaired) electrons. The lowest BCUT2D eigenvalue weighted by Gasteiger charge is -2.09. The molecule has 0 amide bonds. The molecule has 0 saturated heterocycles. The Hall–Kier alpha value is -4.33. The van der Waals surface area contributed by atoms with Gasteiger partial charge in [0, 0.05) is 11.6 Å². The summed E-state index contributed by atoms with van der Waals surface area (Å²) in [5.41, 5.74) is -0.128. The van der Waals surface area contributed by atoms with E-state index in [0.717, 1.165) is 12.1 Å². The number of nitriles is 1. The summed E-state index contributed by atoms with van der Waals surface area (Å²) in [6.45, 7) is 1.35. The highest BCUT2D eigenvalue weighted by Gasteiger charge is 2.31.